The zero-order valence-electron chi connectivity index (χ0n) is 12.4. The highest BCUT2D eigenvalue weighted by atomic mass is 32.1. The first-order valence-corrected chi connectivity index (χ1v) is 8.28. The van der Waals surface area contributed by atoms with E-state index in [9.17, 15) is 4.79 Å². The monoisotopic (exact) mass is 296 g/mol. The first kappa shape index (κ1) is 15.4. The number of anilines is 1. The molecule has 2 rings (SSSR count). The normalized spacial score (nSPS) is 19.9. The second-order valence-electron chi connectivity index (χ2n) is 5.43. The Hall–Kier alpha value is -0.940. The number of nitrogens with zero attached hydrogens (tertiary/aromatic N) is 2. The maximum Gasteiger partial charge on any atom is 0.186 e. The van der Waals surface area contributed by atoms with Gasteiger partial charge in [0.1, 0.15) is 0 Å². The molecule has 20 heavy (non-hydrogen) atoms. The standard InChI is InChI=1S/C15H24N2O2S/c1-3-5-12-6-4-8-17(9-7-12)15-16-13(11-19-2)14(10-18)20-15/h10,12H,3-9,11H2,1-2H3. The van der Waals surface area contributed by atoms with Crippen molar-refractivity contribution in [2.24, 2.45) is 5.92 Å². The molecule has 0 bridgehead atoms. The lowest BCUT2D eigenvalue weighted by Gasteiger charge is -2.19. The Balaban J connectivity index is 2.05. The minimum Gasteiger partial charge on any atom is -0.378 e. The van der Waals surface area contributed by atoms with Crippen molar-refractivity contribution in [2.45, 2.75) is 45.6 Å². The summed E-state index contributed by atoms with van der Waals surface area (Å²) < 4.78 is 5.11. The smallest absolute Gasteiger partial charge is 0.186 e. The highest BCUT2D eigenvalue weighted by Crippen LogP contribution is 2.30. The van der Waals surface area contributed by atoms with Crippen LogP contribution >= 0.6 is 11.3 Å². The van der Waals surface area contributed by atoms with E-state index in [2.05, 4.69) is 16.8 Å². The van der Waals surface area contributed by atoms with Crippen molar-refractivity contribution in [3.63, 3.8) is 0 Å². The fourth-order valence-corrected chi connectivity index (χ4v) is 3.81. The zero-order chi connectivity index (χ0) is 14.4. The number of carbonyl (C=O) groups excluding carboxylic acids is 1. The Kier molecular flexibility index (Phi) is 5.98. The van der Waals surface area contributed by atoms with Gasteiger partial charge in [0.2, 0.25) is 0 Å². The van der Waals surface area contributed by atoms with Crippen LogP contribution in [0.15, 0.2) is 0 Å². The molecule has 0 aromatic carbocycles. The van der Waals surface area contributed by atoms with E-state index in [4.69, 9.17) is 4.74 Å². The van der Waals surface area contributed by atoms with Gasteiger partial charge in [0.25, 0.3) is 0 Å². The van der Waals surface area contributed by atoms with Crippen molar-refractivity contribution in [2.75, 3.05) is 25.1 Å². The van der Waals surface area contributed by atoms with E-state index >= 15 is 0 Å². The summed E-state index contributed by atoms with van der Waals surface area (Å²) in [5.41, 5.74) is 0.775. The average molecular weight is 296 g/mol. The van der Waals surface area contributed by atoms with Crippen molar-refractivity contribution in [1.29, 1.82) is 0 Å². The fourth-order valence-electron chi connectivity index (χ4n) is 2.87. The third-order valence-corrected chi connectivity index (χ3v) is 5.00. The Morgan fingerprint density at radius 1 is 1.45 bits per heavy atom. The zero-order valence-corrected chi connectivity index (χ0v) is 13.2. The number of thiazole rings is 1. The summed E-state index contributed by atoms with van der Waals surface area (Å²) in [4.78, 5) is 18.7. The predicted octanol–water partition coefficient (Wildman–Crippen LogP) is 3.51. The van der Waals surface area contributed by atoms with Gasteiger partial charge in [-0.1, -0.05) is 31.1 Å². The van der Waals surface area contributed by atoms with Crippen LogP contribution in [0.4, 0.5) is 5.13 Å². The molecule has 0 amide bonds. The molecule has 1 aromatic heterocycles. The number of aldehydes is 1. The molecule has 0 spiro atoms. The maximum atomic E-state index is 11.1. The number of hydrogen-bond acceptors (Lipinski definition) is 5. The Labute approximate surface area is 125 Å². The molecular weight excluding hydrogens is 272 g/mol. The van der Waals surface area contributed by atoms with E-state index in [0.29, 0.717) is 11.5 Å². The molecule has 1 aliphatic heterocycles. The lowest BCUT2D eigenvalue weighted by molar-refractivity contribution is 0.112. The number of carbonyl (C=O) groups is 1. The van der Waals surface area contributed by atoms with Gasteiger partial charge in [-0.2, -0.15) is 0 Å². The Morgan fingerprint density at radius 3 is 3.00 bits per heavy atom. The van der Waals surface area contributed by atoms with Crippen molar-refractivity contribution in [1.82, 2.24) is 4.98 Å². The predicted molar refractivity (Wildman–Crippen MR) is 82.7 cm³/mol. The number of hydrogen-bond donors (Lipinski definition) is 0. The molecule has 4 nitrogen and oxygen atoms in total. The highest BCUT2D eigenvalue weighted by molar-refractivity contribution is 7.17. The number of aromatic nitrogens is 1. The van der Waals surface area contributed by atoms with Gasteiger partial charge >= 0.3 is 0 Å². The summed E-state index contributed by atoms with van der Waals surface area (Å²) in [7, 11) is 1.63. The third kappa shape index (κ3) is 3.79. The van der Waals surface area contributed by atoms with Gasteiger partial charge in [-0.25, -0.2) is 4.98 Å². The maximum absolute atomic E-state index is 11.1. The summed E-state index contributed by atoms with van der Waals surface area (Å²) in [6, 6.07) is 0. The third-order valence-electron chi connectivity index (χ3n) is 3.92. The van der Waals surface area contributed by atoms with E-state index < -0.39 is 0 Å². The van der Waals surface area contributed by atoms with Gasteiger partial charge in [0.15, 0.2) is 11.4 Å². The average Bonchev–Trinajstić information content (AvgIpc) is 2.71. The number of ether oxygens (including phenoxy) is 1. The molecule has 0 radical (unpaired) electrons. The Bertz CT molecular complexity index is 434. The minimum atomic E-state index is 0.414. The number of rotatable bonds is 6. The number of methoxy groups -OCH3 is 1. The van der Waals surface area contributed by atoms with Crippen LogP contribution in [0.25, 0.3) is 0 Å². The van der Waals surface area contributed by atoms with E-state index in [0.717, 1.165) is 36.1 Å². The van der Waals surface area contributed by atoms with Gasteiger partial charge < -0.3 is 9.64 Å². The van der Waals surface area contributed by atoms with Crippen LogP contribution in [0.2, 0.25) is 0 Å². The molecule has 1 aromatic rings. The second-order valence-corrected chi connectivity index (χ2v) is 6.44. The minimum absolute atomic E-state index is 0.414. The van der Waals surface area contributed by atoms with Crippen molar-refractivity contribution in [3.05, 3.63) is 10.6 Å². The highest BCUT2D eigenvalue weighted by Gasteiger charge is 2.20. The quantitative estimate of drug-likeness (QED) is 0.753. The van der Waals surface area contributed by atoms with Gasteiger partial charge in [0.05, 0.1) is 17.2 Å². The molecule has 0 aliphatic carbocycles. The second kappa shape index (κ2) is 7.74. The molecule has 2 heterocycles. The summed E-state index contributed by atoms with van der Waals surface area (Å²) in [6.07, 6.45) is 7.29. The van der Waals surface area contributed by atoms with Crippen LogP contribution in [-0.4, -0.2) is 31.5 Å². The van der Waals surface area contributed by atoms with E-state index in [-0.39, 0.29) is 0 Å². The fraction of sp³-hybridized carbons (Fsp3) is 0.733. The first-order valence-electron chi connectivity index (χ1n) is 7.47. The molecular formula is C15H24N2O2S. The largest absolute Gasteiger partial charge is 0.378 e. The molecule has 1 aliphatic rings. The van der Waals surface area contributed by atoms with Crippen LogP contribution < -0.4 is 4.90 Å². The van der Waals surface area contributed by atoms with Crippen molar-refractivity contribution < 1.29 is 9.53 Å². The SMILES string of the molecule is CCCC1CCCN(c2nc(COC)c(C=O)s2)CC1. The van der Waals surface area contributed by atoms with Crippen molar-refractivity contribution >= 4 is 22.8 Å². The van der Waals surface area contributed by atoms with Crippen LogP contribution in [0.5, 0.6) is 0 Å². The van der Waals surface area contributed by atoms with E-state index in [1.807, 2.05) is 0 Å². The van der Waals surface area contributed by atoms with Gasteiger partial charge in [-0.05, 0) is 25.2 Å². The summed E-state index contributed by atoms with van der Waals surface area (Å²) >= 11 is 1.50. The van der Waals surface area contributed by atoms with Crippen molar-refractivity contribution in [3.8, 4) is 0 Å². The lowest BCUT2D eigenvalue weighted by Crippen LogP contribution is -2.24. The summed E-state index contributed by atoms with van der Waals surface area (Å²) in [5, 5.41) is 0.983. The summed E-state index contributed by atoms with van der Waals surface area (Å²) in [5.74, 6) is 0.856. The molecule has 1 fully saturated rings. The van der Waals surface area contributed by atoms with Crippen LogP contribution in [-0.2, 0) is 11.3 Å². The van der Waals surface area contributed by atoms with Crippen LogP contribution in [0, 0.1) is 5.92 Å². The van der Waals surface area contributed by atoms with Crippen LogP contribution in [0.3, 0.4) is 0 Å². The van der Waals surface area contributed by atoms with E-state index in [1.165, 1.54) is 43.4 Å². The molecule has 0 N–H and O–H groups in total. The molecule has 112 valence electrons. The summed E-state index contributed by atoms with van der Waals surface area (Å²) in [6.45, 7) is 4.79. The van der Waals surface area contributed by atoms with Gasteiger partial charge in [0, 0.05) is 20.2 Å². The molecule has 1 unspecified atom stereocenters. The first-order chi connectivity index (χ1) is 9.78. The van der Waals surface area contributed by atoms with Gasteiger partial charge in [-0.3, -0.25) is 4.79 Å². The molecule has 0 saturated carbocycles. The van der Waals surface area contributed by atoms with Crippen LogP contribution in [0.1, 0.15) is 54.4 Å². The Morgan fingerprint density at radius 2 is 2.30 bits per heavy atom. The lowest BCUT2D eigenvalue weighted by atomic mass is 9.96. The topological polar surface area (TPSA) is 42.4 Å². The van der Waals surface area contributed by atoms with E-state index in [1.54, 1.807) is 7.11 Å². The molecule has 1 saturated heterocycles. The van der Waals surface area contributed by atoms with Gasteiger partial charge in [-0.15, -0.1) is 0 Å². The molecule has 5 heteroatoms. The molecule has 1 atom stereocenters.